The van der Waals surface area contributed by atoms with Crippen LogP contribution in [-0.2, 0) is 17.6 Å². The van der Waals surface area contributed by atoms with E-state index in [9.17, 15) is 4.79 Å². The fraction of sp³-hybridized carbons (Fsp3) is 0.474. The van der Waals surface area contributed by atoms with Gasteiger partial charge in [0.2, 0.25) is 0 Å². The Hall–Kier alpha value is -2.30. The van der Waals surface area contributed by atoms with Gasteiger partial charge in [-0.1, -0.05) is 17.3 Å². The molecule has 0 amide bonds. The number of nitrogens with zero attached hydrogens (tertiary/aromatic N) is 2. The Morgan fingerprint density at radius 2 is 2.17 bits per heavy atom. The Kier molecular flexibility index (Phi) is 4.88. The molecule has 0 saturated heterocycles. The lowest BCUT2D eigenvalue weighted by Crippen LogP contribution is -2.24. The number of aromatic nitrogens is 1. The summed E-state index contributed by atoms with van der Waals surface area (Å²) in [5.41, 5.74) is 5.08. The predicted molar refractivity (Wildman–Crippen MR) is 92.6 cm³/mol. The number of ether oxygens (including phenoxy) is 1. The number of hydrogen-bond acceptors (Lipinski definition) is 5. The molecule has 1 aliphatic carbocycles. The second-order valence-corrected chi connectivity index (χ2v) is 6.13. The van der Waals surface area contributed by atoms with Crippen LogP contribution in [0.5, 0.6) is 0 Å². The molecule has 0 fully saturated rings. The number of benzene rings is 1. The van der Waals surface area contributed by atoms with Crippen molar-refractivity contribution >= 4 is 11.7 Å². The van der Waals surface area contributed by atoms with Crippen molar-refractivity contribution in [2.45, 2.75) is 39.0 Å². The molecule has 0 N–H and O–H groups in total. The van der Waals surface area contributed by atoms with Crippen LogP contribution in [0.2, 0.25) is 0 Å². The van der Waals surface area contributed by atoms with Gasteiger partial charge in [-0.3, -0.25) is 0 Å². The summed E-state index contributed by atoms with van der Waals surface area (Å²) < 4.78 is 10.2. The van der Waals surface area contributed by atoms with Crippen molar-refractivity contribution in [1.29, 1.82) is 0 Å². The highest BCUT2D eigenvalue weighted by Gasteiger charge is 2.29. The van der Waals surface area contributed by atoms with E-state index in [0.717, 1.165) is 49.3 Å². The maximum atomic E-state index is 12.1. The third-order valence-corrected chi connectivity index (χ3v) is 4.96. The maximum Gasteiger partial charge on any atom is 0.338 e. The first kappa shape index (κ1) is 16.6. The number of hydrogen-bond donors (Lipinski definition) is 0. The molecule has 128 valence electrons. The summed E-state index contributed by atoms with van der Waals surface area (Å²) in [7, 11) is 1.43. The zero-order chi connectivity index (χ0) is 17.1. The molecule has 0 spiro atoms. The average Bonchev–Trinajstić information content (AvgIpc) is 3.10. The number of aryl methyl sites for hydroxylation is 1. The Balaban J connectivity index is 1.94. The van der Waals surface area contributed by atoms with Gasteiger partial charge in [0, 0.05) is 19.0 Å². The maximum absolute atomic E-state index is 12.1. The number of carbonyl (C=O) groups excluding carboxylic acids is 1. The second kappa shape index (κ2) is 7.07. The standard InChI is InChI=1S/C19H24N2O3/c1-4-21(5-2)17-12-24-20-18(17)14-10-9-13-7-6-8-15(16(13)11-14)19(22)23-3/h6-8,12,14H,4-5,9-11H2,1-3H3. The summed E-state index contributed by atoms with van der Waals surface area (Å²) in [4.78, 5) is 14.3. The molecule has 5 heteroatoms. The van der Waals surface area contributed by atoms with Crippen LogP contribution >= 0.6 is 0 Å². The van der Waals surface area contributed by atoms with Crippen molar-refractivity contribution in [3.8, 4) is 0 Å². The summed E-state index contributed by atoms with van der Waals surface area (Å²) in [5.74, 6) is -0.00530. The molecule has 0 radical (unpaired) electrons. The zero-order valence-electron chi connectivity index (χ0n) is 14.5. The monoisotopic (exact) mass is 328 g/mol. The first-order valence-corrected chi connectivity index (χ1v) is 8.57. The summed E-state index contributed by atoms with van der Waals surface area (Å²) in [6.45, 7) is 6.10. The normalized spacial score (nSPS) is 16.5. The minimum absolute atomic E-state index is 0.262. The summed E-state index contributed by atoms with van der Waals surface area (Å²) in [6.07, 6.45) is 4.49. The largest absolute Gasteiger partial charge is 0.465 e. The molecule has 24 heavy (non-hydrogen) atoms. The van der Waals surface area contributed by atoms with Gasteiger partial charge in [0.1, 0.15) is 17.6 Å². The third-order valence-electron chi connectivity index (χ3n) is 4.96. The van der Waals surface area contributed by atoms with E-state index >= 15 is 0 Å². The highest BCUT2D eigenvalue weighted by atomic mass is 16.5. The van der Waals surface area contributed by atoms with E-state index in [2.05, 4.69) is 30.0 Å². The Labute approximate surface area is 142 Å². The number of anilines is 1. The number of fused-ring (bicyclic) bond motifs is 1. The molecule has 0 bridgehead atoms. The fourth-order valence-corrected chi connectivity index (χ4v) is 3.65. The molecule has 1 heterocycles. The molecule has 0 saturated carbocycles. The lowest BCUT2D eigenvalue weighted by atomic mass is 9.80. The number of carbonyl (C=O) groups is 1. The molecule has 1 aliphatic rings. The number of rotatable bonds is 5. The number of methoxy groups -OCH3 is 1. The first-order valence-electron chi connectivity index (χ1n) is 8.57. The van der Waals surface area contributed by atoms with Crippen LogP contribution in [0.15, 0.2) is 29.0 Å². The van der Waals surface area contributed by atoms with Gasteiger partial charge in [-0.2, -0.15) is 0 Å². The van der Waals surface area contributed by atoms with Gasteiger partial charge in [-0.15, -0.1) is 0 Å². The van der Waals surface area contributed by atoms with E-state index in [0.29, 0.717) is 5.56 Å². The zero-order valence-corrected chi connectivity index (χ0v) is 14.5. The summed E-state index contributed by atoms with van der Waals surface area (Å²) in [5, 5.41) is 4.29. The second-order valence-electron chi connectivity index (χ2n) is 6.13. The minimum Gasteiger partial charge on any atom is -0.465 e. The van der Waals surface area contributed by atoms with Crippen LogP contribution in [0, 0.1) is 0 Å². The van der Waals surface area contributed by atoms with Crippen molar-refractivity contribution in [2.75, 3.05) is 25.1 Å². The topological polar surface area (TPSA) is 55.6 Å². The molecule has 1 aromatic carbocycles. The highest BCUT2D eigenvalue weighted by Crippen LogP contribution is 2.37. The van der Waals surface area contributed by atoms with E-state index in [4.69, 9.17) is 9.26 Å². The van der Waals surface area contributed by atoms with Crippen LogP contribution in [-0.4, -0.2) is 31.3 Å². The first-order chi connectivity index (χ1) is 11.7. The molecular weight excluding hydrogens is 304 g/mol. The van der Waals surface area contributed by atoms with Crippen LogP contribution in [0.3, 0.4) is 0 Å². The van der Waals surface area contributed by atoms with Gasteiger partial charge in [0.05, 0.1) is 12.7 Å². The van der Waals surface area contributed by atoms with Gasteiger partial charge < -0.3 is 14.2 Å². The van der Waals surface area contributed by atoms with Crippen molar-refractivity contribution in [3.05, 3.63) is 46.8 Å². The van der Waals surface area contributed by atoms with Gasteiger partial charge in [-0.25, -0.2) is 4.79 Å². The third kappa shape index (κ3) is 2.90. The lowest BCUT2D eigenvalue weighted by Gasteiger charge is -2.27. The van der Waals surface area contributed by atoms with Crippen molar-refractivity contribution < 1.29 is 14.1 Å². The molecule has 5 nitrogen and oxygen atoms in total. The molecule has 1 unspecified atom stereocenters. The minimum atomic E-state index is -0.267. The Morgan fingerprint density at radius 3 is 2.88 bits per heavy atom. The fourth-order valence-electron chi connectivity index (χ4n) is 3.65. The average molecular weight is 328 g/mol. The van der Waals surface area contributed by atoms with E-state index < -0.39 is 0 Å². The van der Waals surface area contributed by atoms with Crippen molar-refractivity contribution in [2.24, 2.45) is 0 Å². The van der Waals surface area contributed by atoms with E-state index in [1.54, 1.807) is 6.26 Å². The molecule has 0 aliphatic heterocycles. The predicted octanol–water partition coefficient (Wildman–Crippen LogP) is 3.58. The number of esters is 1. The highest BCUT2D eigenvalue weighted by molar-refractivity contribution is 5.91. The van der Waals surface area contributed by atoms with Crippen molar-refractivity contribution in [1.82, 2.24) is 5.16 Å². The van der Waals surface area contributed by atoms with Gasteiger partial charge in [0.25, 0.3) is 0 Å². The molecule has 2 aromatic rings. The van der Waals surface area contributed by atoms with Crippen LogP contribution < -0.4 is 4.90 Å². The van der Waals surface area contributed by atoms with E-state index in [1.807, 2.05) is 12.1 Å². The quantitative estimate of drug-likeness (QED) is 0.785. The van der Waals surface area contributed by atoms with Crippen LogP contribution in [0.4, 0.5) is 5.69 Å². The Bertz CT molecular complexity index is 719. The molecule has 1 aromatic heterocycles. The molecule has 3 rings (SSSR count). The van der Waals surface area contributed by atoms with E-state index in [-0.39, 0.29) is 11.9 Å². The lowest BCUT2D eigenvalue weighted by molar-refractivity contribution is 0.0599. The summed E-state index contributed by atoms with van der Waals surface area (Å²) in [6, 6.07) is 5.89. The van der Waals surface area contributed by atoms with E-state index in [1.165, 1.54) is 12.7 Å². The van der Waals surface area contributed by atoms with Gasteiger partial charge in [-0.05, 0) is 50.3 Å². The Morgan fingerprint density at radius 1 is 1.38 bits per heavy atom. The smallest absolute Gasteiger partial charge is 0.338 e. The molecular formula is C19H24N2O3. The SMILES string of the molecule is CCN(CC)c1conc1C1CCc2cccc(C(=O)OC)c2C1. The molecule has 1 atom stereocenters. The van der Waals surface area contributed by atoms with Crippen LogP contribution in [0.25, 0.3) is 0 Å². The van der Waals surface area contributed by atoms with Gasteiger partial charge >= 0.3 is 5.97 Å². The van der Waals surface area contributed by atoms with Crippen molar-refractivity contribution in [3.63, 3.8) is 0 Å². The summed E-state index contributed by atoms with van der Waals surface area (Å²) >= 11 is 0. The van der Waals surface area contributed by atoms with Gasteiger partial charge in [0.15, 0.2) is 0 Å². The van der Waals surface area contributed by atoms with Crippen LogP contribution in [0.1, 0.15) is 53.4 Å².